The van der Waals surface area contributed by atoms with Gasteiger partial charge in [0.25, 0.3) is 0 Å². The molecule has 122 valence electrons. The van der Waals surface area contributed by atoms with E-state index in [1.807, 2.05) is 30.3 Å². The number of ether oxygens (including phenoxy) is 1. The lowest BCUT2D eigenvalue weighted by Gasteiger charge is -2.12. The van der Waals surface area contributed by atoms with Crippen molar-refractivity contribution in [3.63, 3.8) is 0 Å². The fraction of sp³-hybridized carbons (Fsp3) is 0.182. The van der Waals surface area contributed by atoms with Gasteiger partial charge in [-0.3, -0.25) is 0 Å². The van der Waals surface area contributed by atoms with Crippen LogP contribution in [0.5, 0.6) is 5.75 Å². The first-order valence-electron chi connectivity index (χ1n) is 8.24. The van der Waals surface area contributed by atoms with E-state index in [-0.39, 0.29) is 0 Å². The second kappa shape index (κ2) is 7.33. The zero-order valence-electron chi connectivity index (χ0n) is 14.3. The lowest BCUT2D eigenvalue weighted by molar-refractivity contribution is 0.306. The van der Waals surface area contributed by atoms with Crippen molar-refractivity contribution in [3.05, 3.63) is 89.0 Å². The van der Waals surface area contributed by atoms with Crippen LogP contribution in [0.25, 0.3) is 11.1 Å². The summed E-state index contributed by atoms with van der Waals surface area (Å²) in [6.07, 6.45) is 0. The van der Waals surface area contributed by atoms with E-state index in [4.69, 9.17) is 10.5 Å². The molecule has 0 atom stereocenters. The number of benzene rings is 3. The highest BCUT2D eigenvalue weighted by atomic mass is 16.5. The van der Waals surface area contributed by atoms with E-state index in [2.05, 4.69) is 50.2 Å². The molecule has 3 aromatic rings. The van der Waals surface area contributed by atoms with Crippen molar-refractivity contribution < 1.29 is 4.74 Å². The summed E-state index contributed by atoms with van der Waals surface area (Å²) in [6, 6.07) is 22.9. The quantitative estimate of drug-likeness (QED) is 0.718. The second-order valence-electron chi connectivity index (χ2n) is 6.09. The average molecular weight is 317 g/mol. The minimum absolute atomic E-state index is 0.587. The molecule has 0 aliphatic rings. The normalized spacial score (nSPS) is 10.6. The van der Waals surface area contributed by atoms with Gasteiger partial charge in [-0.1, -0.05) is 54.6 Å². The Bertz CT molecular complexity index is 784. The van der Waals surface area contributed by atoms with Gasteiger partial charge in [-0.05, 0) is 59.4 Å². The third-order valence-electron chi connectivity index (χ3n) is 4.34. The van der Waals surface area contributed by atoms with Crippen LogP contribution in [0.4, 0.5) is 0 Å². The average Bonchev–Trinajstić information content (AvgIpc) is 2.61. The van der Waals surface area contributed by atoms with E-state index in [0.29, 0.717) is 13.2 Å². The van der Waals surface area contributed by atoms with Crippen LogP contribution in [0.3, 0.4) is 0 Å². The van der Waals surface area contributed by atoms with E-state index < -0.39 is 0 Å². The van der Waals surface area contributed by atoms with Crippen LogP contribution in [-0.2, 0) is 13.2 Å². The second-order valence-corrected chi connectivity index (χ2v) is 6.09. The molecular weight excluding hydrogens is 294 g/mol. The molecule has 0 aromatic heterocycles. The fourth-order valence-corrected chi connectivity index (χ4v) is 2.97. The minimum atomic E-state index is 0.587. The predicted molar refractivity (Wildman–Crippen MR) is 100 cm³/mol. The first-order valence-corrected chi connectivity index (χ1v) is 8.24. The summed E-state index contributed by atoms with van der Waals surface area (Å²) in [5, 5.41) is 0. The molecule has 2 N–H and O–H groups in total. The van der Waals surface area contributed by atoms with Gasteiger partial charge < -0.3 is 10.5 Å². The molecule has 0 fully saturated rings. The van der Waals surface area contributed by atoms with Crippen LogP contribution in [0, 0.1) is 13.8 Å². The topological polar surface area (TPSA) is 35.2 Å². The fourth-order valence-electron chi connectivity index (χ4n) is 2.97. The van der Waals surface area contributed by atoms with Crippen LogP contribution >= 0.6 is 0 Å². The third kappa shape index (κ3) is 3.66. The summed E-state index contributed by atoms with van der Waals surface area (Å²) in [4.78, 5) is 0. The van der Waals surface area contributed by atoms with Crippen LogP contribution in [-0.4, -0.2) is 0 Å². The van der Waals surface area contributed by atoms with Crippen molar-refractivity contribution in [3.8, 4) is 16.9 Å². The van der Waals surface area contributed by atoms with Crippen molar-refractivity contribution in [2.75, 3.05) is 0 Å². The number of hydrogen-bond acceptors (Lipinski definition) is 2. The molecule has 0 bridgehead atoms. The van der Waals surface area contributed by atoms with E-state index >= 15 is 0 Å². The molecule has 0 spiro atoms. The molecule has 2 heteroatoms. The van der Waals surface area contributed by atoms with Crippen LogP contribution < -0.4 is 10.5 Å². The maximum absolute atomic E-state index is 5.85. The molecule has 0 heterocycles. The molecule has 0 aliphatic heterocycles. The van der Waals surface area contributed by atoms with E-state index in [1.54, 1.807) is 0 Å². The van der Waals surface area contributed by atoms with E-state index in [9.17, 15) is 0 Å². The molecule has 24 heavy (non-hydrogen) atoms. The number of rotatable bonds is 5. The summed E-state index contributed by atoms with van der Waals surface area (Å²) in [6.45, 7) is 5.42. The highest BCUT2D eigenvalue weighted by Gasteiger charge is 2.06. The Morgan fingerprint density at radius 3 is 2.00 bits per heavy atom. The summed E-state index contributed by atoms with van der Waals surface area (Å²) < 4.78 is 5.85. The Morgan fingerprint density at radius 1 is 0.792 bits per heavy atom. The molecule has 0 saturated heterocycles. The minimum Gasteiger partial charge on any atom is -0.489 e. The summed E-state index contributed by atoms with van der Waals surface area (Å²) in [5.74, 6) is 0.884. The lowest BCUT2D eigenvalue weighted by Crippen LogP contribution is -2.02. The van der Waals surface area contributed by atoms with Crippen molar-refractivity contribution in [2.24, 2.45) is 5.73 Å². The number of nitrogens with two attached hydrogens (primary N) is 1. The number of aryl methyl sites for hydroxylation is 2. The third-order valence-corrected chi connectivity index (χ3v) is 4.34. The largest absolute Gasteiger partial charge is 0.489 e. The molecular formula is C22H23NO. The Morgan fingerprint density at radius 2 is 1.42 bits per heavy atom. The van der Waals surface area contributed by atoms with Crippen molar-refractivity contribution in [1.29, 1.82) is 0 Å². The summed E-state index contributed by atoms with van der Waals surface area (Å²) >= 11 is 0. The Labute approximate surface area is 143 Å². The SMILES string of the molecule is Cc1cc(-c2ccc(OCc3ccccc3)cc2)cc(C)c1CN. The van der Waals surface area contributed by atoms with Crippen LogP contribution in [0.1, 0.15) is 22.3 Å². The number of hydrogen-bond donors (Lipinski definition) is 1. The Kier molecular flexibility index (Phi) is 4.97. The molecule has 0 radical (unpaired) electrons. The van der Waals surface area contributed by atoms with Gasteiger partial charge in [0.2, 0.25) is 0 Å². The van der Waals surface area contributed by atoms with Gasteiger partial charge in [-0.15, -0.1) is 0 Å². The first kappa shape index (κ1) is 16.3. The summed E-state index contributed by atoms with van der Waals surface area (Å²) in [5.41, 5.74) is 13.1. The van der Waals surface area contributed by atoms with E-state index in [0.717, 1.165) is 5.75 Å². The first-order chi connectivity index (χ1) is 11.7. The van der Waals surface area contributed by atoms with Gasteiger partial charge in [-0.2, -0.15) is 0 Å². The molecule has 0 unspecified atom stereocenters. The Hall–Kier alpha value is -2.58. The van der Waals surface area contributed by atoms with Crippen molar-refractivity contribution in [1.82, 2.24) is 0 Å². The molecule has 0 aliphatic carbocycles. The van der Waals surface area contributed by atoms with Crippen LogP contribution in [0.15, 0.2) is 66.7 Å². The molecule has 0 amide bonds. The smallest absolute Gasteiger partial charge is 0.119 e. The molecule has 0 saturated carbocycles. The molecule has 2 nitrogen and oxygen atoms in total. The standard InChI is InChI=1S/C22H23NO/c1-16-12-20(13-17(2)22(16)14-23)19-8-10-21(11-9-19)24-15-18-6-4-3-5-7-18/h3-13H,14-15,23H2,1-2H3. The maximum Gasteiger partial charge on any atom is 0.119 e. The van der Waals surface area contributed by atoms with E-state index in [1.165, 1.54) is 33.4 Å². The lowest BCUT2D eigenvalue weighted by atomic mass is 9.95. The van der Waals surface area contributed by atoms with Gasteiger partial charge in [0.15, 0.2) is 0 Å². The molecule has 3 aromatic carbocycles. The van der Waals surface area contributed by atoms with Gasteiger partial charge in [0.1, 0.15) is 12.4 Å². The maximum atomic E-state index is 5.85. The molecule has 3 rings (SSSR count). The Balaban J connectivity index is 1.75. The van der Waals surface area contributed by atoms with Crippen molar-refractivity contribution >= 4 is 0 Å². The zero-order valence-corrected chi connectivity index (χ0v) is 14.3. The zero-order chi connectivity index (χ0) is 16.9. The van der Waals surface area contributed by atoms with Gasteiger partial charge in [0.05, 0.1) is 0 Å². The highest BCUT2D eigenvalue weighted by molar-refractivity contribution is 5.67. The summed E-state index contributed by atoms with van der Waals surface area (Å²) in [7, 11) is 0. The highest BCUT2D eigenvalue weighted by Crippen LogP contribution is 2.27. The van der Waals surface area contributed by atoms with Crippen molar-refractivity contribution in [2.45, 2.75) is 27.0 Å². The monoisotopic (exact) mass is 317 g/mol. The van der Waals surface area contributed by atoms with Gasteiger partial charge in [0, 0.05) is 6.54 Å². The van der Waals surface area contributed by atoms with Crippen LogP contribution in [0.2, 0.25) is 0 Å². The van der Waals surface area contributed by atoms with Gasteiger partial charge in [-0.25, -0.2) is 0 Å². The predicted octanol–water partition coefficient (Wildman–Crippen LogP) is 5.01. The van der Waals surface area contributed by atoms with Gasteiger partial charge >= 0.3 is 0 Å².